The monoisotopic (exact) mass is 318 g/mol. The van der Waals surface area contributed by atoms with Gasteiger partial charge in [-0.1, -0.05) is 6.07 Å². The zero-order valence-corrected chi connectivity index (χ0v) is 11.8. The van der Waals surface area contributed by atoms with E-state index in [2.05, 4.69) is 25.9 Å². The lowest BCUT2D eigenvalue weighted by atomic mass is 10.3. The number of ether oxygens (including phenoxy) is 1. The summed E-state index contributed by atoms with van der Waals surface area (Å²) in [7, 11) is 1.58. The lowest BCUT2D eigenvalue weighted by molar-refractivity contribution is 0.398. The van der Waals surface area contributed by atoms with E-state index in [4.69, 9.17) is 10.5 Å². The van der Waals surface area contributed by atoms with Gasteiger partial charge in [0.05, 0.1) is 12.8 Å². The van der Waals surface area contributed by atoms with Gasteiger partial charge in [0.1, 0.15) is 17.2 Å². The number of hydrogen-bond donors (Lipinski definition) is 1. The lowest BCUT2D eigenvalue weighted by Gasteiger charge is -2.01. The van der Waals surface area contributed by atoms with Crippen LogP contribution in [0, 0.1) is 0 Å². The number of nitrogen functional groups attached to an aromatic ring is 1. The van der Waals surface area contributed by atoms with E-state index in [0.29, 0.717) is 23.1 Å². The molecule has 3 aromatic heterocycles. The highest BCUT2D eigenvalue weighted by molar-refractivity contribution is 9.10. The normalized spacial score (nSPS) is 10.8. The Balaban J connectivity index is 2.21. The molecule has 0 aliphatic heterocycles. The second kappa shape index (κ2) is 4.55. The van der Waals surface area contributed by atoms with Crippen molar-refractivity contribution < 1.29 is 4.74 Å². The molecule has 0 aromatic carbocycles. The van der Waals surface area contributed by atoms with Crippen LogP contribution in [0.15, 0.2) is 41.0 Å². The first-order valence-electron chi connectivity index (χ1n) is 5.63. The van der Waals surface area contributed by atoms with Crippen LogP contribution < -0.4 is 10.5 Å². The Morgan fingerprint density at radius 3 is 2.84 bits per heavy atom. The molecule has 0 bridgehead atoms. The summed E-state index contributed by atoms with van der Waals surface area (Å²) in [5, 5.41) is 0. The molecule has 0 aliphatic carbocycles. The van der Waals surface area contributed by atoms with Crippen LogP contribution in [-0.4, -0.2) is 21.5 Å². The third-order valence-corrected chi connectivity index (χ3v) is 3.26. The van der Waals surface area contributed by atoms with Crippen LogP contribution in [0.5, 0.6) is 5.88 Å². The molecule has 96 valence electrons. The smallest absolute Gasteiger partial charge is 0.213 e. The average molecular weight is 319 g/mol. The molecule has 3 heterocycles. The van der Waals surface area contributed by atoms with Gasteiger partial charge in [-0.2, -0.15) is 0 Å². The van der Waals surface area contributed by atoms with Gasteiger partial charge in [-0.25, -0.2) is 9.97 Å². The Bertz CT molecular complexity index is 753. The van der Waals surface area contributed by atoms with Crippen molar-refractivity contribution in [1.29, 1.82) is 0 Å². The molecule has 0 saturated heterocycles. The number of rotatable bonds is 2. The number of nitrogens with zero attached hydrogens (tertiary/aromatic N) is 3. The van der Waals surface area contributed by atoms with Crippen molar-refractivity contribution in [2.24, 2.45) is 0 Å². The summed E-state index contributed by atoms with van der Waals surface area (Å²) in [5.41, 5.74) is 8.25. The Morgan fingerprint density at radius 1 is 1.21 bits per heavy atom. The third-order valence-electron chi connectivity index (χ3n) is 2.79. The Hall–Kier alpha value is -2.08. The fraction of sp³-hybridized carbons (Fsp3) is 0.0769. The fourth-order valence-electron chi connectivity index (χ4n) is 1.89. The van der Waals surface area contributed by atoms with E-state index in [0.717, 1.165) is 10.1 Å². The minimum Gasteiger partial charge on any atom is -0.481 e. The zero-order valence-electron chi connectivity index (χ0n) is 10.2. The van der Waals surface area contributed by atoms with E-state index >= 15 is 0 Å². The molecule has 3 rings (SSSR count). The number of aromatic nitrogens is 3. The standard InChI is InChI=1S/C13H11BrN4O/c1-19-11-4-2-3-9(16-11)12-13(15)18-7-8(14)5-6-10(18)17-12/h2-7H,15H2,1H3. The molecule has 19 heavy (non-hydrogen) atoms. The first kappa shape index (κ1) is 12.0. The molecule has 0 aliphatic rings. The first-order chi connectivity index (χ1) is 9.19. The van der Waals surface area contributed by atoms with E-state index in [-0.39, 0.29) is 0 Å². The van der Waals surface area contributed by atoms with Gasteiger partial charge in [0, 0.05) is 16.7 Å². The van der Waals surface area contributed by atoms with Crippen LogP contribution in [0.3, 0.4) is 0 Å². The number of halogens is 1. The van der Waals surface area contributed by atoms with Gasteiger partial charge in [-0.3, -0.25) is 4.40 Å². The van der Waals surface area contributed by atoms with E-state index in [9.17, 15) is 0 Å². The van der Waals surface area contributed by atoms with Gasteiger partial charge in [0.15, 0.2) is 0 Å². The summed E-state index contributed by atoms with van der Waals surface area (Å²) < 4.78 is 7.87. The molecule has 0 fully saturated rings. The SMILES string of the molecule is COc1cccc(-c2nc3ccc(Br)cn3c2N)n1. The van der Waals surface area contributed by atoms with Gasteiger partial charge in [-0.05, 0) is 34.1 Å². The second-order valence-electron chi connectivity index (χ2n) is 3.99. The first-order valence-corrected chi connectivity index (χ1v) is 6.43. The summed E-state index contributed by atoms with van der Waals surface area (Å²) in [6.45, 7) is 0. The molecule has 3 aromatic rings. The number of pyridine rings is 2. The van der Waals surface area contributed by atoms with Crippen LogP contribution in [0.25, 0.3) is 17.0 Å². The van der Waals surface area contributed by atoms with Crippen molar-refractivity contribution in [2.75, 3.05) is 12.8 Å². The third kappa shape index (κ3) is 2.04. The molecular formula is C13H11BrN4O. The fourth-order valence-corrected chi connectivity index (χ4v) is 2.22. The van der Waals surface area contributed by atoms with Crippen molar-refractivity contribution in [2.45, 2.75) is 0 Å². The predicted molar refractivity (Wildman–Crippen MR) is 77.1 cm³/mol. The predicted octanol–water partition coefficient (Wildman–Crippen LogP) is 2.75. The Morgan fingerprint density at radius 2 is 2.05 bits per heavy atom. The summed E-state index contributed by atoms with van der Waals surface area (Å²) >= 11 is 3.42. The largest absolute Gasteiger partial charge is 0.481 e. The van der Waals surface area contributed by atoms with Gasteiger partial charge >= 0.3 is 0 Å². The molecular weight excluding hydrogens is 308 g/mol. The van der Waals surface area contributed by atoms with E-state index in [1.54, 1.807) is 13.2 Å². The van der Waals surface area contributed by atoms with Crippen molar-refractivity contribution >= 4 is 27.4 Å². The summed E-state index contributed by atoms with van der Waals surface area (Å²) in [4.78, 5) is 8.85. The highest BCUT2D eigenvalue weighted by Gasteiger charge is 2.13. The van der Waals surface area contributed by atoms with E-state index in [1.165, 1.54) is 0 Å². The molecule has 0 unspecified atom stereocenters. The molecule has 6 heteroatoms. The topological polar surface area (TPSA) is 65.4 Å². The van der Waals surface area contributed by atoms with Crippen LogP contribution in [0.2, 0.25) is 0 Å². The maximum atomic E-state index is 6.13. The second-order valence-corrected chi connectivity index (χ2v) is 4.90. The Labute approximate surface area is 118 Å². The molecule has 0 atom stereocenters. The summed E-state index contributed by atoms with van der Waals surface area (Å²) in [6.07, 6.45) is 1.88. The van der Waals surface area contributed by atoms with Crippen molar-refractivity contribution in [3.05, 3.63) is 41.0 Å². The molecule has 0 radical (unpaired) electrons. The quantitative estimate of drug-likeness (QED) is 0.789. The van der Waals surface area contributed by atoms with Crippen molar-refractivity contribution in [3.8, 4) is 17.3 Å². The Kier molecular flexibility index (Phi) is 2.87. The molecule has 5 nitrogen and oxygen atoms in total. The highest BCUT2D eigenvalue weighted by atomic mass is 79.9. The van der Waals surface area contributed by atoms with Crippen LogP contribution >= 0.6 is 15.9 Å². The minimum absolute atomic E-state index is 0.537. The van der Waals surface area contributed by atoms with Crippen LogP contribution in [-0.2, 0) is 0 Å². The number of methoxy groups -OCH3 is 1. The van der Waals surface area contributed by atoms with Gasteiger partial charge < -0.3 is 10.5 Å². The van der Waals surface area contributed by atoms with Crippen LogP contribution in [0.1, 0.15) is 0 Å². The van der Waals surface area contributed by atoms with Gasteiger partial charge in [0.25, 0.3) is 0 Å². The number of nitrogens with two attached hydrogens (primary N) is 1. The van der Waals surface area contributed by atoms with Crippen molar-refractivity contribution in [3.63, 3.8) is 0 Å². The number of hydrogen-bond acceptors (Lipinski definition) is 4. The molecule has 0 amide bonds. The van der Waals surface area contributed by atoms with Crippen molar-refractivity contribution in [1.82, 2.24) is 14.4 Å². The van der Waals surface area contributed by atoms with Gasteiger partial charge in [-0.15, -0.1) is 0 Å². The summed E-state index contributed by atoms with van der Waals surface area (Å²) in [5.74, 6) is 1.09. The maximum Gasteiger partial charge on any atom is 0.213 e. The van der Waals surface area contributed by atoms with Crippen LogP contribution in [0.4, 0.5) is 5.82 Å². The zero-order chi connectivity index (χ0) is 13.4. The summed E-state index contributed by atoms with van der Waals surface area (Å²) in [6, 6.07) is 9.32. The molecule has 0 saturated carbocycles. The minimum atomic E-state index is 0.537. The van der Waals surface area contributed by atoms with E-state index < -0.39 is 0 Å². The van der Waals surface area contributed by atoms with E-state index in [1.807, 2.05) is 34.9 Å². The number of fused-ring (bicyclic) bond motifs is 1. The average Bonchev–Trinajstić information content (AvgIpc) is 2.76. The highest BCUT2D eigenvalue weighted by Crippen LogP contribution is 2.27. The maximum absolute atomic E-state index is 6.13. The number of anilines is 1. The van der Waals surface area contributed by atoms with Gasteiger partial charge in [0.2, 0.25) is 5.88 Å². The molecule has 0 spiro atoms. The lowest BCUT2D eigenvalue weighted by Crippen LogP contribution is -1.95. The number of imidazole rings is 1. The molecule has 2 N–H and O–H groups in total.